The highest BCUT2D eigenvalue weighted by atomic mass is 32.2. The van der Waals surface area contributed by atoms with Gasteiger partial charge in [-0.2, -0.15) is 5.10 Å². The molecule has 2 aromatic rings. The number of amides is 1. The first kappa shape index (κ1) is 15.2. The van der Waals surface area contributed by atoms with Crippen LogP contribution in [0.1, 0.15) is 13.3 Å². The Morgan fingerprint density at radius 2 is 2.10 bits per heavy atom. The molecule has 0 saturated carbocycles. The number of aromatic nitrogens is 2. The molecule has 0 aliphatic carbocycles. The molecule has 1 N–H and O–H groups in total. The molecule has 0 bridgehead atoms. The van der Waals surface area contributed by atoms with Crippen molar-refractivity contribution in [1.82, 2.24) is 14.5 Å². The second-order valence-corrected chi connectivity index (χ2v) is 6.05. The van der Waals surface area contributed by atoms with E-state index in [9.17, 15) is 17.6 Å². The Kier molecular flexibility index (Phi) is 4.08. The van der Waals surface area contributed by atoms with Gasteiger partial charge in [0.15, 0.2) is 0 Å². The molecule has 1 amide bonds. The number of halogens is 1. The van der Waals surface area contributed by atoms with Crippen molar-refractivity contribution in [1.29, 1.82) is 0 Å². The summed E-state index contributed by atoms with van der Waals surface area (Å²) in [6.45, 7) is 1.52. The number of rotatable bonds is 4. The third-order valence-electron chi connectivity index (χ3n) is 2.92. The Balaban J connectivity index is 2.40. The normalized spacial score (nSPS) is 11.4. The van der Waals surface area contributed by atoms with Crippen molar-refractivity contribution in [2.24, 2.45) is 7.05 Å². The molecule has 8 heteroatoms. The fourth-order valence-corrected chi connectivity index (χ4v) is 2.86. The quantitative estimate of drug-likeness (QED) is 0.926. The van der Waals surface area contributed by atoms with E-state index in [-0.39, 0.29) is 16.9 Å². The van der Waals surface area contributed by atoms with Gasteiger partial charge < -0.3 is 0 Å². The van der Waals surface area contributed by atoms with Gasteiger partial charge in [0.1, 0.15) is 5.82 Å². The smallest absolute Gasteiger partial charge is 0.264 e. The van der Waals surface area contributed by atoms with Crippen LogP contribution < -0.4 is 4.72 Å². The van der Waals surface area contributed by atoms with Crippen LogP contribution in [0.2, 0.25) is 0 Å². The van der Waals surface area contributed by atoms with Crippen molar-refractivity contribution in [2.75, 3.05) is 0 Å². The van der Waals surface area contributed by atoms with E-state index in [1.807, 2.05) is 4.72 Å². The van der Waals surface area contributed by atoms with Gasteiger partial charge >= 0.3 is 0 Å². The molecule has 0 fully saturated rings. The van der Waals surface area contributed by atoms with Crippen molar-refractivity contribution in [2.45, 2.75) is 18.2 Å². The van der Waals surface area contributed by atoms with E-state index < -0.39 is 21.7 Å². The number of carbonyl (C=O) groups excluding carboxylic acids is 1. The number of benzene rings is 1. The topological polar surface area (TPSA) is 81.1 Å². The Hall–Kier alpha value is -2.22. The van der Waals surface area contributed by atoms with Gasteiger partial charge in [-0.05, 0) is 24.3 Å². The summed E-state index contributed by atoms with van der Waals surface area (Å²) in [5.74, 6) is -1.35. The molecule has 0 aliphatic rings. The molecular weight excluding hydrogens is 297 g/mol. The summed E-state index contributed by atoms with van der Waals surface area (Å²) in [7, 11) is -2.40. The molecule has 1 aromatic carbocycles. The van der Waals surface area contributed by atoms with Crippen LogP contribution in [-0.4, -0.2) is 24.1 Å². The van der Waals surface area contributed by atoms with Crippen molar-refractivity contribution in [3.05, 3.63) is 36.3 Å². The molecule has 0 saturated heterocycles. The van der Waals surface area contributed by atoms with E-state index in [4.69, 9.17) is 0 Å². The van der Waals surface area contributed by atoms with E-state index in [2.05, 4.69) is 5.10 Å². The number of carbonyl (C=O) groups is 1. The van der Waals surface area contributed by atoms with Crippen LogP contribution in [0, 0.1) is 5.82 Å². The summed E-state index contributed by atoms with van der Waals surface area (Å²) in [6.07, 6.45) is 1.54. The number of hydrogen-bond acceptors (Lipinski definition) is 4. The predicted molar refractivity (Wildman–Crippen MR) is 74.2 cm³/mol. The van der Waals surface area contributed by atoms with Crippen molar-refractivity contribution in [3.8, 4) is 11.3 Å². The minimum absolute atomic E-state index is 0.0226. The maximum Gasteiger partial charge on any atom is 0.264 e. The van der Waals surface area contributed by atoms with Crippen LogP contribution in [0.3, 0.4) is 0 Å². The molecule has 0 atom stereocenters. The Bertz CT molecular complexity index is 784. The van der Waals surface area contributed by atoms with Gasteiger partial charge in [0.2, 0.25) is 5.91 Å². The van der Waals surface area contributed by atoms with Crippen LogP contribution in [0.5, 0.6) is 0 Å². The van der Waals surface area contributed by atoms with Crippen LogP contribution in [-0.2, 0) is 21.9 Å². The van der Waals surface area contributed by atoms with Gasteiger partial charge in [0.05, 0.1) is 10.6 Å². The molecular formula is C13H14FN3O3S. The van der Waals surface area contributed by atoms with Crippen molar-refractivity contribution in [3.63, 3.8) is 0 Å². The lowest BCUT2D eigenvalue weighted by Crippen LogP contribution is -2.29. The van der Waals surface area contributed by atoms with Gasteiger partial charge in [-0.25, -0.2) is 17.5 Å². The number of aryl methyl sites for hydroxylation is 1. The minimum Gasteiger partial charge on any atom is -0.274 e. The zero-order valence-corrected chi connectivity index (χ0v) is 12.3. The fourth-order valence-electron chi connectivity index (χ4n) is 1.79. The van der Waals surface area contributed by atoms with E-state index in [1.165, 1.54) is 29.9 Å². The highest BCUT2D eigenvalue weighted by Crippen LogP contribution is 2.24. The van der Waals surface area contributed by atoms with E-state index in [0.29, 0.717) is 5.69 Å². The zero-order valence-electron chi connectivity index (χ0n) is 11.5. The summed E-state index contributed by atoms with van der Waals surface area (Å²) in [5, 5.41) is 3.93. The van der Waals surface area contributed by atoms with Crippen LogP contribution in [0.15, 0.2) is 35.4 Å². The van der Waals surface area contributed by atoms with E-state index in [0.717, 1.165) is 6.07 Å². The molecule has 0 aliphatic heterocycles. The van der Waals surface area contributed by atoms with Gasteiger partial charge in [-0.3, -0.25) is 9.48 Å². The monoisotopic (exact) mass is 311 g/mol. The Labute approximate surface area is 121 Å². The van der Waals surface area contributed by atoms with Crippen LogP contribution in [0.4, 0.5) is 4.39 Å². The molecule has 0 radical (unpaired) electrons. The summed E-state index contributed by atoms with van der Waals surface area (Å²) in [6, 6.07) is 5.09. The summed E-state index contributed by atoms with van der Waals surface area (Å²) < 4.78 is 41.3. The first-order valence-corrected chi connectivity index (χ1v) is 7.67. The lowest BCUT2D eigenvalue weighted by Gasteiger charge is -2.08. The lowest BCUT2D eigenvalue weighted by atomic mass is 10.1. The highest BCUT2D eigenvalue weighted by molar-refractivity contribution is 7.90. The van der Waals surface area contributed by atoms with Gasteiger partial charge in [-0.15, -0.1) is 0 Å². The average molecular weight is 311 g/mol. The van der Waals surface area contributed by atoms with Crippen molar-refractivity contribution >= 4 is 15.9 Å². The highest BCUT2D eigenvalue weighted by Gasteiger charge is 2.19. The van der Waals surface area contributed by atoms with Crippen LogP contribution in [0.25, 0.3) is 11.3 Å². The number of nitrogens with one attached hydrogen (secondary N) is 1. The van der Waals surface area contributed by atoms with Gasteiger partial charge in [0.25, 0.3) is 10.0 Å². The van der Waals surface area contributed by atoms with E-state index in [1.54, 1.807) is 13.1 Å². The minimum atomic E-state index is -4.05. The first-order chi connectivity index (χ1) is 9.85. The number of nitrogens with zero attached hydrogens (tertiary/aromatic N) is 2. The lowest BCUT2D eigenvalue weighted by molar-refractivity contribution is -0.119. The fraction of sp³-hybridized carbons (Fsp3) is 0.231. The largest absolute Gasteiger partial charge is 0.274 e. The summed E-state index contributed by atoms with van der Waals surface area (Å²) in [5.41, 5.74) is 0.754. The molecule has 1 aromatic heterocycles. The SMILES string of the molecule is CCC(=O)NS(=O)(=O)c1ccc(-c2ccnn2C)c(F)c1. The molecule has 0 spiro atoms. The summed E-state index contributed by atoms with van der Waals surface area (Å²) in [4.78, 5) is 10.9. The van der Waals surface area contributed by atoms with E-state index >= 15 is 0 Å². The Morgan fingerprint density at radius 3 is 2.62 bits per heavy atom. The second kappa shape index (κ2) is 5.65. The van der Waals surface area contributed by atoms with Crippen molar-refractivity contribution < 1.29 is 17.6 Å². The van der Waals surface area contributed by atoms with Gasteiger partial charge in [-0.1, -0.05) is 6.92 Å². The molecule has 2 rings (SSSR count). The average Bonchev–Trinajstić information content (AvgIpc) is 2.84. The number of sulfonamides is 1. The third-order valence-corrected chi connectivity index (χ3v) is 4.29. The molecule has 112 valence electrons. The molecule has 6 nitrogen and oxygen atoms in total. The first-order valence-electron chi connectivity index (χ1n) is 6.18. The predicted octanol–water partition coefficient (Wildman–Crippen LogP) is 1.44. The number of hydrogen-bond donors (Lipinski definition) is 1. The zero-order chi connectivity index (χ0) is 15.6. The van der Waals surface area contributed by atoms with Crippen LogP contribution >= 0.6 is 0 Å². The second-order valence-electron chi connectivity index (χ2n) is 4.36. The molecule has 0 unspecified atom stereocenters. The van der Waals surface area contributed by atoms with Gasteiger partial charge in [0, 0.05) is 25.2 Å². The Morgan fingerprint density at radius 1 is 1.38 bits per heavy atom. The maximum absolute atomic E-state index is 14.1. The molecule has 1 heterocycles. The maximum atomic E-state index is 14.1. The summed E-state index contributed by atoms with van der Waals surface area (Å²) >= 11 is 0. The molecule has 21 heavy (non-hydrogen) atoms. The third kappa shape index (κ3) is 3.10. The standard InChI is InChI=1S/C13H14FN3O3S/c1-3-13(18)16-21(19,20)9-4-5-10(11(14)8-9)12-6-7-15-17(12)2/h4-8H,3H2,1-2H3,(H,16,18).